The highest BCUT2D eigenvalue weighted by Crippen LogP contribution is 2.35. The third-order valence-electron chi connectivity index (χ3n) is 3.35. The van der Waals surface area contributed by atoms with Crippen LogP contribution in [0.1, 0.15) is 31.9 Å². The summed E-state index contributed by atoms with van der Waals surface area (Å²) in [5.41, 5.74) is 2.22. The Hall–Kier alpha value is -1.75. The van der Waals surface area contributed by atoms with Gasteiger partial charge in [0.25, 0.3) is 0 Å². The van der Waals surface area contributed by atoms with E-state index in [1.165, 1.54) is 5.56 Å². The Bertz CT molecular complexity index is 503. The number of rotatable bonds is 7. The summed E-state index contributed by atoms with van der Waals surface area (Å²) in [7, 11) is 0. The normalized spacial score (nSPS) is 16.2. The number of nitrogens with one attached hydrogen (secondary N) is 2. The summed E-state index contributed by atoms with van der Waals surface area (Å²) >= 11 is 0. The predicted molar refractivity (Wildman–Crippen MR) is 81.8 cm³/mol. The molecule has 1 aliphatic heterocycles. The van der Waals surface area contributed by atoms with Crippen LogP contribution in [0.15, 0.2) is 12.1 Å². The van der Waals surface area contributed by atoms with Crippen molar-refractivity contribution in [1.29, 1.82) is 0 Å². The van der Waals surface area contributed by atoms with Crippen molar-refractivity contribution in [2.24, 2.45) is 0 Å². The molecule has 21 heavy (non-hydrogen) atoms. The molecule has 0 spiro atoms. The Balaban J connectivity index is 2.03. The summed E-state index contributed by atoms with van der Waals surface area (Å²) in [6.07, 6.45) is 1.13. The summed E-state index contributed by atoms with van der Waals surface area (Å²) in [4.78, 5) is 11.4. The molecule has 1 aromatic carbocycles. The van der Waals surface area contributed by atoms with E-state index in [1.54, 1.807) is 0 Å². The maximum atomic E-state index is 11.4. The van der Waals surface area contributed by atoms with Crippen LogP contribution in [0.25, 0.3) is 0 Å². The van der Waals surface area contributed by atoms with Crippen LogP contribution in [0, 0.1) is 0 Å². The molecule has 2 rings (SSSR count). The van der Waals surface area contributed by atoms with Crippen molar-refractivity contribution >= 4 is 5.91 Å². The molecule has 5 nitrogen and oxygen atoms in total. The average Bonchev–Trinajstić information content (AvgIpc) is 2.78. The monoisotopic (exact) mass is 292 g/mol. The Kier molecular flexibility index (Phi) is 5.44. The second-order valence-corrected chi connectivity index (χ2v) is 5.19. The van der Waals surface area contributed by atoms with Crippen LogP contribution in [0.5, 0.6) is 11.5 Å². The molecule has 1 atom stereocenters. The van der Waals surface area contributed by atoms with Crippen molar-refractivity contribution in [2.75, 3.05) is 19.7 Å². The lowest BCUT2D eigenvalue weighted by Crippen LogP contribution is -2.33. The molecule has 0 bridgehead atoms. The van der Waals surface area contributed by atoms with E-state index < -0.39 is 0 Å². The highest BCUT2D eigenvalue weighted by molar-refractivity contribution is 5.77. The molecule has 2 N–H and O–H groups in total. The van der Waals surface area contributed by atoms with Crippen molar-refractivity contribution in [3.63, 3.8) is 0 Å². The standard InChI is InChI=1S/C16H24N2O3/c1-4-18-16(19)10-17-9-13-8-15-12(6-11(3)21-15)7-14(13)20-5-2/h7-8,11,17H,4-6,9-10H2,1-3H3,(H,18,19). The third kappa shape index (κ3) is 4.11. The smallest absolute Gasteiger partial charge is 0.233 e. The number of carbonyl (C=O) groups excluding carboxylic acids is 1. The maximum Gasteiger partial charge on any atom is 0.233 e. The zero-order valence-corrected chi connectivity index (χ0v) is 13.0. The van der Waals surface area contributed by atoms with Gasteiger partial charge >= 0.3 is 0 Å². The second kappa shape index (κ2) is 7.31. The van der Waals surface area contributed by atoms with Gasteiger partial charge in [0, 0.05) is 30.6 Å². The molecule has 1 aromatic rings. The number of ether oxygens (including phenoxy) is 2. The van der Waals surface area contributed by atoms with Gasteiger partial charge in [0.2, 0.25) is 5.91 Å². The predicted octanol–water partition coefficient (Wildman–Crippen LogP) is 1.63. The Morgan fingerprint density at radius 3 is 2.95 bits per heavy atom. The average molecular weight is 292 g/mol. The van der Waals surface area contributed by atoms with Gasteiger partial charge in [-0.2, -0.15) is 0 Å². The number of hydrogen-bond donors (Lipinski definition) is 2. The van der Waals surface area contributed by atoms with Crippen LogP contribution in [-0.4, -0.2) is 31.7 Å². The zero-order valence-electron chi connectivity index (χ0n) is 13.0. The van der Waals surface area contributed by atoms with E-state index in [0.717, 1.165) is 23.5 Å². The van der Waals surface area contributed by atoms with Crippen LogP contribution in [0.4, 0.5) is 0 Å². The van der Waals surface area contributed by atoms with Gasteiger partial charge in [0.05, 0.1) is 13.2 Å². The van der Waals surface area contributed by atoms with Gasteiger partial charge in [-0.3, -0.25) is 4.79 Å². The van der Waals surface area contributed by atoms with Crippen molar-refractivity contribution in [3.8, 4) is 11.5 Å². The van der Waals surface area contributed by atoms with Gasteiger partial charge in [-0.1, -0.05) is 0 Å². The van der Waals surface area contributed by atoms with Gasteiger partial charge in [-0.15, -0.1) is 0 Å². The largest absolute Gasteiger partial charge is 0.494 e. The van der Waals surface area contributed by atoms with E-state index in [0.29, 0.717) is 26.2 Å². The zero-order chi connectivity index (χ0) is 15.2. The number of fused-ring (bicyclic) bond motifs is 1. The number of benzene rings is 1. The summed E-state index contributed by atoms with van der Waals surface area (Å²) in [5.74, 6) is 1.81. The Morgan fingerprint density at radius 2 is 2.24 bits per heavy atom. The van der Waals surface area contributed by atoms with Crippen LogP contribution in [0.2, 0.25) is 0 Å². The van der Waals surface area contributed by atoms with E-state index in [4.69, 9.17) is 9.47 Å². The van der Waals surface area contributed by atoms with E-state index in [2.05, 4.69) is 23.6 Å². The highest BCUT2D eigenvalue weighted by Gasteiger charge is 2.21. The van der Waals surface area contributed by atoms with E-state index in [-0.39, 0.29) is 12.0 Å². The minimum absolute atomic E-state index is 0.00138. The lowest BCUT2D eigenvalue weighted by molar-refractivity contribution is -0.120. The van der Waals surface area contributed by atoms with Crippen molar-refractivity contribution in [1.82, 2.24) is 10.6 Å². The molecule has 116 valence electrons. The van der Waals surface area contributed by atoms with Gasteiger partial charge in [-0.05, 0) is 32.9 Å². The SMILES string of the molecule is CCNC(=O)CNCc1cc2c(cc1OCC)CC(C)O2. The van der Waals surface area contributed by atoms with Crippen LogP contribution in [-0.2, 0) is 17.8 Å². The fourth-order valence-electron chi connectivity index (χ4n) is 2.48. The van der Waals surface area contributed by atoms with Crippen LogP contribution in [0.3, 0.4) is 0 Å². The molecule has 0 aromatic heterocycles. The molecule has 0 saturated heterocycles. The van der Waals surface area contributed by atoms with Crippen LogP contribution >= 0.6 is 0 Å². The molecule has 0 fully saturated rings. The minimum Gasteiger partial charge on any atom is -0.494 e. The lowest BCUT2D eigenvalue weighted by Gasteiger charge is -2.13. The van der Waals surface area contributed by atoms with Gasteiger partial charge in [0.15, 0.2) is 0 Å². The summed E-state index contributed by atoms with van der Waals surface area (Å²) in [5, 5.41) is 5.90. The van der Waals surface area contributed by atoms with Gasteiger partial charge in [0.1, 0.15) is 17.6 Å². The van der Waals surface area contributed by atoms with E-state index in [1.807, 2.05) is 19.9 Å². The number of hydrogen-bond acceptors (Lipinski definition) is 4. The maximum absolute atomic E-state index is 11.4. The summed E-state index contributed by atoms with van der Waals surface area (Å²) in [6, 6.07) is 4.08. The first-order valence-corrected chi connectivity index (χ1v) is 7.56. The van der Waals surface area contributed by atoms with E-state index >= 15 is 0 Å². The summed E-state index contributed by atoms with van der Waals surface area (Å²) < 4.78 is 11.5. The third-order valence-corrected chi connectivity index (χ3v) is 3.35. The quantitative estimate of drug-likeness (QED) is 0.802. The molecular weight excluding hydrogens is 268 g/mol. The number of amides is 1. The molecule has 1 aliphatic rings. The first-order chi connectivity index (χ1) is 10.1. The molecule has 5 heteroatoms. The second-order valence-electron chi connectivity index (χ2n) is 5.19. The van der Waals surface area contributed by atoms with Crippen LogP contribution < -0.4 is 20.1 Å². The lowest BCUT2D eigenvalue weighted by atomic mass is 10.1. The summed E-state index contributed by atoms with van der Waals surface area (Å²) in [6.45, 7) is 8.09. The first kappa shape index (κ1) is 15.6. The molecular formula is C16H24N2O3. The Labute approximate surface area is 126 Å². The topological polar surface area (TPSA) is 59.6 Å². The number of likely N-dealkylation sites (N-methyl/N-ethyl adjacent to an activating group) is 1. The fourth-order valence-corrected chi connectivity index (χ4v) is 2.48. The minimum atomic E-state index is 0.00138. The van der Waals surface area contributed by atoms with E-state index in [9.17, 15) is 4.79 Å². The van der Waals surface area contributed by atoms with Crippen molar-refractivity contribution in [2.45, 2.75) is 39.8 Å². The first-order valence-electron chi connectivity index (χ1n) is 7.56. The molecule has 1 heterocycles. The molecule has 0 saturated carbocycles. The molecule has 0 radical (unpaired) electrons. The fraction of sp³-hybridized carbons (Fsp3) is 0.562. The molecule has 0 aliphatic carbocycles. The molecule has 1 unspecified atom stereocenters. The van der Waals surface area contributed by atoms with Crippen molar-refractivity contribution in [3.05, 3.63) is 23.3 Å². The molecule has 1 amide bonds. The van der Waals surface area contributed by atoms with Gasteiger partial charge < -0.3 is 20.1 Å². The number of carbonyl (C=O) groups is 1. The van der Waals surface area contributed by atoms with Gasteiger partial charge in [-0.25, -0.2) is 0 Å². The van der Waals surface area contributed by atoms with Crippen molar-refractivity contribution < 1.29 is 14.3 Å². The Morgan fingerprint density at radius 1 is 1.43 bits per heavy atom. The highest BCUT2D eigenvalue weighted by atomic mass is 16.5.